The Morgan fingerprint density at radius 1 is 1.12 bits per heavy atom. The van der Waals surface area contributed by atoms with E-state index >= 15 is 0 Å². The lowest BCUT2D eigenvalue weighted by molar-refractivity contribution is -0.120. The third-order valence-corrected chi connectivity index (χ3v) is 3.59. The molecular formula is C18H15N3O3. The number of carboxylic acids is 1. The van der Waals surface area contributed by atoms with Crippen molar-refractivity contribution in [2.45, 2.75) is 6.42 Å². The first-order valence-electron chi connectivity index (χ1n) is 7.34. The van der Waals surface area contributed by atoms with Crippen molar-refractivity contribution in [3.05, 3.63) is 71.4 Å². The molecule has 0 saturated carbocycles. The molecule has 6 heteroatoms. The van der Waals surface area contributed by atoms with Crippen LogP contribution in [0.2, 0.25) is 0 Å². The van der Waals surface area contributed by atoms with Crippen molar-refractivity contribution in [1.82, 2.24) is 10.4 Å². The Labute approximate surface area is 137 Å². The molecule has 0 aliphatic heterocycles. The molecule has 3 rings (SSSR count). The Kier molecular flexibility index (Phi) is 4.38. The largest absolute Gasteiger partial charge is 0.478 e. The molecule has 24 heavy (non-hydrogen) atoms. The molecule has 1 amide bonds. The topological polar surface area (TPSA) is 94.5 Å². The van der Waals surface area contributed by atoms with E-state index in [0.717, 1.165) is 16.5 Å². The maximum Gasteiger partial charge on any atom is 0.335 e. The first-order valence-corrected chi connectivity index (χ1v) is 7.34. The van der Waals surface area contributed by atoms with Gasteiger partial charge in [-0.25, -0.2) is 10.2 Å². The quantitative estimate of drug-likeness (QED) is 0.498. The number of hydrazone groups is 1. The average Bonchev–Trinajstić information content (AvgIpc) is 2.98. The van der Waals surface area contributed by atoms with Crippen molar-refractivity contribution in [2.24, 2.45) is 5.10 Å². The van der Waals surface area contributed by atoms with Gasteiger partial charge in [-0.2, -0.15) is 5.10 Å². The highest BCUT2D eigenvalue weighted by atomic mass is 16.4. The highest BCUT2D eigenvalue weighted by Gasteiger charge is 2.07. The summed E-state index contributed by atoms with van der Waals surface area (Å²) in [6.45, 7) is 0. The van der Waals surface area contributed by atoms with Gasteiger partial charge in [0.15, 0.2) is 0 Å². The van der Waals surface area contributed by atoms with E-state index in [1.54, 1.807) is 12.1 Å². The normalized spacial score (nSPS) is 11.0. The van der Waals surface area contributed by atoms with E-state index in [2.05, 4.69) is 15.5 Å². The Bertz CT molecular complexity index is 911. The summed E-state index contributed by atoms with van der Waals surface area (Å²) in [6, 6.07) is 14.0. The van der Waals surface area contributed by atoms with Crippen LogP contribution in [-0.2, 0) is 11.2 Å². The zero-order valence-electron chi connectivity index (χ0n) is 12.7. The van der Waals surface area contributed by atoms with Gasteiger partial charge in [-0.3, -0.25) is 4.79 Å². The molecule has 0 bridgehead atoms. The third kappa shape index (κ3) is 3.49. The zero-order valence-corrected chi connectivity index (χ0v) is 12.7. The molecule has 0 saturated heterocycles. The fourth-order valence-corrected chi connectivity index (χ4v) is 2.38. The monoisotopic (exact) mass is 321 g/mol. The fraction of sp³-hybridized carbons (Fsp3) is 0.0556. The average molecular weight is 321 g/mol. The molecule has 1 aromatic heterocycles. The molecule has 0 spiro atoms. The number of nitrogens with zero attached hydrogens (tertiary/aromatic N) is 1. The van der Waals surface area contributed by atoms with Crippen LogP contribution in [0.4, 0.5) is 0 Å². The van der Waals surface area contributed by atoms with E-state index in [-0.39, 0.29) is 17.9 Å². The Morgan fingerprint density at radius 2 is 1.88 bits per heavy atom. The number of hydrogen-bond donors (Lipinski definition) is 3. The molecule has 0 aliphatic rings. The van der Waals surface area contributed by atoms with Crippen molar-refractivity contribution in [3.8, 4) is 0 Å². The van der Waals surface area contributed by atoms with Crippen molar-refractivity contribution < 1.29 is 14.7 Å². The van der Waals surface area contributed by atoms with Crippen molar-refractivity contribution in [3.63, 3.8) is 0 Å². The highest BCUT2D eigenvalue weighted by molar-refractivity contribution is 5.90. The number of fused-ring (bicyclic) bond motifs is 1. The second kappa shape index (κ2) is 6.78. The predicted molar refractivity (Wildman–Crippen MR) is 91.1 cm³/mol. The molecule has 120 valence electrons. The summed E-state index contributed by atoms with van der Waals surface area (Å²) >= 11 is 0. The van der Waals surface area contributed by atoms with Crippen LogP contribution < -0.4 is 5.43 Å². The SMILES string of the molecule is O=C(Cc1c[nH]c2ccccc12)NN=Cc1ccc(C(=O)O)cc1. The van der Waals surface area contributed by atoms with Crippen LogP contribution in [0.15, 0.2) is 59.8 Å². The summed E-state index contributed by atoms with van der Waals surface area (Å²) in [5, 5.41) is 13.7. The number of H-pyrrole nitrogens is 1. The Morgan fingerprint density at radius 3 is 2.62 bits per heavy atom. The number of hydrogen-bond acceptors (Lipinski definition) is 3. The number of carboxylic acid groups (broad SMARTS) is 1. The van der Waals surface area contributed by atoms with Gasteiger partial charge in [0.05, 0.1) is 18.2 Å². The number of benzene rings is 2. The summed E-state index contributed by atoms with van der Waals surface area (Å²) in [5.41, 5.74) is 5.27. The number of nitrogens with one attached hydrogen (secondary N) is 2. The van der Waals surface area contributed by atoms with Gasteiger partial charge >= 0.3 is 5.97 Å². The summed E-state index contributed by atoms with van der Waals surface area (Å²) in [4.78, 5) is 25.9. The Hall–Kier alpha value is -3.41. The zero-order chi connectivity index (χ0) is 16.9. The number of para-hydroxylation sites is 1. The third-order valence-electron chi connectivity index (χ3n) is 3.59. The lowest BCUT2D eigenvalue weighted by Gasteiger charge is -1.99. The molecule has 3 N–H and O–H groups in total. The van der Waals surface area contributed by atoms with Crippen LogP contribution in [0, 0.1) is 0 Å². The van der Waals surface area contributed by atoms with Crippen molar-refractivity contribution in [2.75, 3.05) is 0 Å². The number of carbonyl (C=O) groups is 2. The van der Waals surface area contributed by atoms with E-state index in [4.69, 9.17) is 5.11 Å². The molecular weight excluding hydrogens is 306 g/mol. The highest BCUT2D eigenvalue weighted by Crippen LogP contribution is 2.17. The summed E-state index contributed by atoms with van der Waals surface area (Å²) < 4.78 is 0. The molecule has 6 nitrogen and oxygen atoms in total. The van der Waals surface area contributed by atoms with Gasteiger partial charge in [-0.15, -0.1) is 0 Å². The number of aromatic amines is 1. The molecule has 0 unspecified atom stereocenters. The maximum absolute atomic E-state index is 12.0. The van der Waals surface area contributed by atoms with Gasteiger partial charge < -0.3 is 10.1 Å². The van der Waals surface area contributed by atoms with Gasteiger partial charge in [-0.05, 0) is 29.3 Å². The summed E-state index contributed by atoms with van der Waals surface area (Å²) in [6.07, 6.45) is 3.51. The van der Waals surface area contributed by atoms with Crippen molar-refractivity contribution >= 4 is 29.0 Å². The van der Waals surface area contributed by atoms with E-state index < -0.39 is 5.97 Å². The maximum atomic E-state index is 12.0. The smallest absolute Gasteiger partial charge is 0.335 e. The van der Waals surface area contributed by atoms with Crippen LogP contribution in [0.3, 0.4) is 0 Å². The minimum absolute atomic E-state index is 0.204. The molecule has 0 aliphatic carbocycles. The lowest BCUT2D eigenvalue weighted by atomic mass is 10.1. The van der Waals surface area contributed by atoms with Crippen LogP contribution in [0.1, 0.15) is 21.5 Å². The minimum Gasteiger partial charge on any atom is -0.478 e. The predicted octanol–water partition coefficient (Wildman–Crippen LogP) is 2.56. The second-order valence-electron chi connectivity index (χ2n) is 5.26. The van der Waals surface area contributed by atoms with Gasteiger partial charge in [0, 0.05) is 17.1 Å². The summed E-state index contributed by atoms with van der Waals surface area (Å²) in [7, 11) is 0. The molecule has 0 radical (unpaired) electrons. The van der Waals surface area contributed by atoms with Crippen LogP contribution in [0.5, 0.6) is 0 Å². The Balaban J connectivity index is 1.60. The van der Waals surface area contributed by atoms with Gasteiger partial charge in [0.2, 0.25) is 5.91 Å². The van der Waals surface area contributed by atoms with Crippen LogP contribution >= 0.6 is 0 Å². The van der Waals surface area contributed by atoms with E-state index in [0.29, 0.717) is 5.56 Å². The minimum atomic E-state index is -0.981. The summed E-state index contributed by atoms with van der Waals surface area (Å²) in [5.74, 6) is -1.20. The van der Waals surface area contributed by atoms with Gasteiger partial charge in [0.25, 0.3) is 0 Å². The molecule has 0 fully saturated rings. The van der Waals surface area contributed by atoms with Gasteiger partial charge in [-0.1, -0.05) is 30.3 Å². The van der Waals surface area contributed by atoms with Crippen LogP contribution in [0.25, 0.3) is 10.9 Å². The second-order valence-corrected chi connectivity index (χ2v) is 5.26. The van der Waals surface area contributed by atoms with E-state index in [1.807, 2.05) is 30.5 Å². The van der Waals surface area contributed by atoms with Crippen molar-refractivity contribution in [1.29, 1.82) is 0 Å². The number of carbonyl (C=O) groups excluding carboxylic acids is 1. The molecule has 1 heterocycles. The first kappa shape index (κ1) is 15.5. The standard InChI is InChI=1S/C18H15N3O3/c22-17(9-14-11-19-16-4-2-1-3-15(14)16)21-20-10-12-5-7-13(8-6-12)18(23)24/h1-8,10-11,19H,9H2,(H,21,22)(H,23,24). The lowest BCUT2D eigenvalue weighted by Crippen LogP contribution is -2.19. The number of amides is 1. The van der Waals surface area contributed by atoms with Gasteiger partial charge in [0.1, 0.15) is 0 Å². The first-order chi connectivity index (χ1) is 11.6. The molecule has 0 atom stereocenters. The van der Waals surface area contributed by atoms with E-state index in [9.17, 15) is 9.59 Å². The van der Waals surface area contributed by atoms with Crippen LogP contribution in [-0.4, -0.2) is 28.2 Å². The molecule has 2 aromatic carbocycles. The molecule has 3 aromatic rings. The number of rotatable bonds is 5. The number of aromatic carboxylic acids is 1. The number of aromatic nitrogens is 1. The fourth-order valence-electron chi connectivity index (χ4n) is 2.38. The van der Waals surface area contributed by atoms with E-state index in [1.165, 1.54) is 18.3 Å².